The summed E-state index contributed by atoms with van der Waals surface area (Å²) in [6, 6.07) is 15.8. The lowest BCUT2D eigenvalue weighted by atomic mass is 10.0. The smallest absolute Gasteiger partial charge is 0.269 e. The van der Waals surface area contributed by atoms with E-state index >= 15 is 0 Å². The van der Waals surface area contributed by atoms with E-state index in [0.29, 0.717) is 10.9 Å². The number of hydrogen-bond acceptors (Lipinski definition) is 7. The molecule has 5 rings (SSSR count). The molecule has 0 aliphatic carbocycles. The highest BCUT2D eigenvalue weighted by Crippen LogP contribution is 2.40. The predicted octanol–water partition coefficient (Wildman–Crippen LogP) is 3.94. The first-order valence-corrected chi connectivity index (χ1v) is 12.1. The van der Waals surface area contributed by atoms with Crippen molar-refractivity contribution in [3.8, 4) is 11.3 Å². The zero-order chi connectivity index (χ0) is 24.2. The van der Waals surface area contributed by atoms with Crippen molar-refractivity contribution in [2.24, 2.45) is 0 Å². The standard InChI is InChI=1S/C25H27N5O4S/c31-30(32)19-7-5-18(6-8-19)21-9-10-22(34-21)24-23(20-4-1-2-11-26-20)27-25(35)29(24)13-3-12-28-14-16-33-17-15-28/h1-2,4-11,23-24H,3,12-17H2,(H,27,35)/t23-,24-/m0/s1. The van der Waals surface area contributed by atoms with Gasteiger partial charge < -0.3 is 19.4 Å². The second kappa shape index (κ2) is 10.5. The summed E-state index contributed by atoms with van der Waals surface area (Å²) in [5, 5.41) is 15.1. The molecule has 182 valence electrons. The largest absolute Gasteiger partial charge is 0.459 e. The summed E-state index contributed by atoms with van der Waals surface area (Å²) in [7, 11) is 0. The lowest BCUT2D eigenvalue weighted by Crippen LogP contribution is -2.38. The molecule has 2 aliphatic rings. The Morgan fingerprint density at radius 1 is 1.09 bits per heavy atom. The average molecular weight is 494 g/mol. The van der Waals surface area contributed by atoms with Crippen molar-refractivity contribution in [2.45, 2.75) is 18.5 Å². The van der Waals surface area contributed by atoms with Gasteiger partial charge in [-0.15, -0.1) is 0 Å². The van der Waals surface area contributed by atoms with Gasteiger partial charge in [0.1, 0.15) is 17.6 Å². The first kappa shape index (κ1) is 23.4. The first-order valence-electron chi connectivity index (χ1n) is 11.7. The van der Waals surface area contributed by atoms with Crippen LogP contribution in [0.4, 0.5) is 5.69 Å². The Labute approximate surface area is 208 Å². The molecule has 0 unspecified atom stereocenters. The van der Waals surface area contributed by atoms with Crippen LogP contribution in [0.1, 0.15) is 30.0 Å². The van der Waals surface area contributed by atoms with Crippen LogP contribution in [0, 0.1) is 10.1 Å². The Morgan fingerprint density at radius 2 is 1.89 bits per heavy atom. The van der Waals surface area contributed by atoms with Crippen LogP contribution < -0.4 is 5.32 Å². The summed E-state index contributed by atoms with van der Waals surface area (Å²) in [6.07, 6.45) is 2.74. The molecule has 0 amide bonds. The molecule has 0 saturated carbocycles. The number of thiocarbonyl (C=S) groups is 1. The molecule has 0 spiro atoms. The minimum Gasteiger partial charge on any atom is -0.459 e. The van der Waals surface area contributed by atoms with E-state index in [-0.39, 0.29) is 17.8 Å². The number of benzene rings is 1. The molecule has 2 aromatic heterocycles. The van der Waals surface area contributed by atoms with Crippen molar-refractivity contribution >= 4 is 23.0 Å². The van der Waals surface area contributed by atoms with E-state index < -0.39 is 4.92 Å². The van der Waals surface area contributed by atoms with E-state index in [4.69, 9.17) is 21.4 Å². The van der Waals surface area contributed by atoms with Crippen molar-refractivity contribution in [1.29, 1.82) is 0 Å². The fraction of sp³-hybridized carbons (Fsp3) is 0.360. The Hall–Kier alpha value is -3.34. The molecule has 2 fully saturated rings. The van der Waals surface area contributed by atoms with Gasteiger partial charge in [0.05, 0.1) is 29.9 Å². The molecule has 2 saturated heterocycles. The number of nitrogens with one attached hydrogen (secondary N) is 1. The fourth-order valence-corrected chi connectivity index (χ4v) is 4.99. The van der Waals surface area contributed by atoms with Crippen LogP contribution in [-0.2, 0) is 4.74 Å². The third-order valence-electron chi connectivity index (χ3n) is 6.46. The number of furan rings is 1. The molecule has 10 heteroatoms. The van der Waals surface area contributed by atoms with Crippen LogP contribution in [0.5, 0.6) is 0 Å². The van der Waals surface area contributed by atoms with E-state index in [1.807, 2.05) is 30.3 Å². The van der Waals surface area contributed by atoms with Crippen molar-refractivity contribution in [1.82, 2.24) is 20.1 Å². The molecule has 35 heavy (non-hydrogen) atoms. The average Bonchev–Trinajstić information content (AvgIpc) is 3.50. The predicted molar refractivity (Wildman–Crippen MR) is 135 cm³/mol. The van der Waals surface area contributed by atoms with Gasteiger partial charge in [-0.3, -0.25) is 20.0 Å². The Bertz CT molecular complexity index is 1160. The Morgan fingerprint density at radius 3 is 2.60 bits per heavy atom. The molecular weight excluding hydrogens is 466 g/mol. The van der Waals surface area contributed by atoms with Gasteiger partial charge in [0.2, 0.25) is 0 Å². The van der Waals surface area contributed by atoms with E-state index in [1.165, 1.54) is 12.1 Å². The van der Waals surface area contributed by atoms with E-state index in [0.717, 1.165) is 62.8 Å². The van der Waals surface area contributed by atoms with Gasteiger partial charge in [0, 0.05) is 50.1 Å². The SMILES string of the molecule is O=[N+]([O-])c1ccc(-c2ccc([C@H]3[C@H](c4ccccn4)NC(=S)N3CCCN3CCOCC3)o2)cc1. The number of nitro benzene ring substituents is 1. The molecule has 0 bridgehead atoms. The van der Waals surface area contributed by atoms with E-state index in [2.05, 4.69) is 20.1 Å². The Balaban J connectivity index is 1.38. The minimum atomic E-state index is -0.408. The highest BCUT2D eigenvalue weighted by Gasteiger charge is 2.41. The molecule has 9 nitrogen and oxygen atoms in total. The lowest BCUT2D eigenvalue weighted by molar-refractivity contribution is -0.384. The molecule has 2 aliphatic heterocycles. The third-order valence-corrected chi connectivity index (χ3v) is 6.81. The maximum absolute atomic E-state index is 11.0. The number of non-ortho nitro benzene ring substituents is 1. The second-order valence-electron chi connectivity index (χ2n) is 8.63. The number of nitro groups is 1. The van der Waals surface area contributed by atoms with Crippen molar-refractivity contribution < 1.29 is 14.1 Å². The zero-order valence-electron chi connectivity index (χ0n) is 19.2. The monoisotopic (exact) mass is 493 g/mol. The molecular formula is C25H27N5O4S. The summed E-state index contributed by atoms with van der Waals surface area (Å²) in [5.41, 5.74) is 1.72. The maximum atomic E-state index is 11.0. The van der Waals surface area contributed by atoms with E-state index in [9.17, 15) is 10.1 Å². The molecule has 1 N–H and O–H groups in total. The van der Waals surface area contributed by atoms with Crippen molar-refractivity contribution in [3.63, 3.8) is 0 Å². The van der Waals surface area contributed by atoms with Crippen LogP contribution >= 0.6 is 12.2 Å². The normalized spacial score (nSPS) is 20.7. The van der Waals surface area contributed by atoms with Gasteiger partial charge in [0.15, 0.2) is 5.11 Å². The van der Waals surface area contributed by atoms with Crippen molar-refractivity contribution in [3.05, 3.63) is 82.4 Å². The number of aromatic nitrogens is 1. The number of nitrogens with zero attached hydrogens (tertiary/aromatic N) is 4. The van der Waals surface area contributed by atoms with Crippen LogP contribution in [0.2, 0.25) is 0 Å². The van der Waals surface area contributed by atoms with Gasteiger partial charge in [0.25, 0.3) is 5.69 Å². The molecule has 4 heterocycles. The number of pyridine rings is 1. The highest BCUT2D eigenvalue weighted by molar-refractivity contribution is 7.80. The number of morpholine rings is 1. The van der Waals surface area contributed by atoms with Crippen LogP contribution in [-0.4, -0.2) is 64.2 Å². The van der Waals surface area contributed by atoms with Gasteiger partial charge >= 0.3 is 0 Å². The summed E-state index contributed by atoms with van der Waals surface area (Å²) >= 11 is 5.75. The minimum absolute atomic E-state index is 0.0486. The quantitative estimate of drug-likeness (QED) is 0.284. The zero-order valence-corrected chi connectivity index (χ0v) is 20.0. The summed E-state index contributed by atoms with van der Waals surface area (Å²) in [5.74, 6) is 1.42. The van der Waals surface area contributed by atoms with E-state index in [1.54, 1.807) is 18.3 Å². The third kappa shape index (κ3) is 5.19. The Kier molecular flexibility index (Phi) is 7.03. The number of rotatable bonds is 8. The van der Waals surface area contributed by atoms with Crippen molar-refractivity contribution in [2.75, 3.05) is 39.4 Å². The molecule has 3 aromatic rings. The van der Waals surface area contributed by atoms with Crippen LogP contribution in [0.3, 0.4) is 0 Å². The maximum Gasteiger partial charge on any atom is 0.269 e. The van der Waals surface area contributed by atoms with Gasteiger partial charge in [-0.25, -0.2) is 0 Å². The molecule has 2 atom stereocenters. The summed E-state index contributed by atoms with van der Waals surface area (Å²) < 4.78 is 11.8. The summed E-state index contributed by atoms with van der Waals surface area (Å²) in [4.78, 5) is 19.8. The molecule has 0 radical (unpaired) electrons. The summed E-state index contributed by atoms with van der Waals surface area (Å²) in [6.45, 7) is 5.25. The topological polar surface area (TPSA) is 96.9 Å². The molecule has 1 aromatic carbocycles. The second-order valence-corrected chi connectivity index (χ2v) is 9.02. The van der Waals surface area contributed by atoms with Gasteiger partial charge in [-0.05, 0) is 55.0 Å². The lowest BCUT2D eigenvalue weighted by Gasteiger charge is -2.29. The number of hydrogen-bond donors (Lipinski definition) is 1. The number of ether oxygens (including phenoxy) is 1. The van der Waals surface area contributed by atoms with Crippen LogP contribution in [0.15, 0.2) is 65.2 Å². The highest BCUT2D eigenvalue weighted by atomic mass is 32.1. The van der Waals surface area contributed by atoms with Gasteiger partial charge in [-0.2, -0.15) is 0 Å². The first-order chi connectivity index (χ1) is 17.1. The van der Waals surface area contributed by atoms with Crippen LogP contribution in [0.25, 0.3) is 11.3 Å². The fourth-order valence-electron chi connectivity index (χ4n) is 4.66. The van der Waals surface area contributed by atoms with Gasteiger partial charge in [-0.1, -0.05) is 6.07 Å².